The van der Waals surface area contributed by atoms with E-state index in [-0.39, 0.29) is 10.8 Å². The third kappa shape index (κ3) is 3.32. The molecule has 1 amide bonds. The standard InChI is InChI=1S/C13H9ClFN3O3/c1-7-4-8(6-16-12(7)14)17-13(19)10-5-9(18(20)21)2-3-11(10)15/h2-6H,1H3,(H,17,19). The van der Waals surface area contributed by atoms with Crippen LogP contribution in [0.1, 0.15) is 15.9 Å². The minimum atomic E-state index is -0.850. The number of pyridine rings is 1. The average molecular weight is 310 g/mol. The molecule has 2 rings (SSSR count). The fourth-order valence-corrected chi connectivity index (χ4v) is 1.73. The summed E-state index contributed by atoms with van der Waals surface area (Å²) in [5.41, 5.74) is 0.158. The molecule has 0 saturated heterocycles. The summed E-state index contributed by atoms with van der Waals surface area (Å²) in [7, 11) is 0. The number of rotatable bonds is 3. The van der Waals surface area contributed by atoms with Crippen molar-refractivity contribution in [2.24, 2.45) is 0 Å². The van der Waals surface area contributed by atoms with Gasteiger partial charge in [0.15, 0.2) is 0 Å². The first kappa shape index (κ1) is 14.9. The Morgan fingerprint density at radius 3 is 2.76 bits per heavy atom. The number of aromatic nitrogens is 1. The Kier molecular flexibility index (Phi) is 4.13. The molecular weight excluding hydrogens is 301 g/mol. The largest absolute Gasteiger partial charge is 0.320 e. The number of carbonyl (C=O) groups is 1. The molecule has 6 nitrogen and oxygen atoms in total. The summed E-state index contributed by atoms with van der Waals surface area (Å²) in [5, 5.41) is 13.4. The summed E-state index contributed by atoms with van der Waals surface area (Å²) in [5.74, 6) is -1.66. The molecule has 1 aromatic heterocycles. The normalized spacial score (nSPS) is 10.2. The van der Waals surface area contributed by atoms with Gasteiger partial charge < -0.3 is 5.32 Å². The van der Waals surface area contributed by atoms with Crippen molar-refractivity contribution in [2.45, 2.75) is 6.92 Å². The molecule has 0 bridgehead atoms. The van der Waals surface area contributed by atoms with Crippen molar-refractivity contribution in [3.05, 3.63) is 62.7 Å². The number of aryl methyl sites for hydroxylation is 1. The lowest BCUT2D eigenvalue weighted by Gasteiger charge is -2.07. The third-order valence-electron chi connectivity index (χ3n) is 2.68. The van der Waals surface area contributed by atoms with Crippen LogP contribution >= 0.6 is 11.6 Å². The number of amides is 1. The van der Waals surface area contributed by atoms with E-state index in [1.807, 2.05) is 0 Å². The molecule has 1 aromatic carbocycles. The van der Waals surface area contributed by atoms with E-state index in [1.54, 1.807) is 13.0 Å². The molecule has 0 fully saturated rings. The Bertz CT molecular complexity index is 737. The smallest absolute Gasteiger partial charge is 0.270 e. The van der Waals surface area contributed by atoms with Gasteiger partial charge in [0.05, 0.1) is 22.4 Å². The summed E-state index contributed by atoms with van der Waals surface area (Å²) in [6, 6.07) is 4.29. The number of non-ortho nitro benzene ring substituents is 1. The number of nitrogens with zero attached hydrogens (tertiary/aromatic N) is 2. The van der Waals surface area contributed by atoms with Crippen molar-refractivity contribution in [1.29, 1.82) is 0 Å². The van der Waals surface area contributed by atoms with Gasteiger partial charge in [-0.1, -0.05) is 11.6 Å². The summed E-state index contributed by atoms with van der Waals surface area (Å²) in [4.78, 5) is 25.8. The topological polar surface area (TPSA) is 85.1 Å². The van der Waals surface area contributed by atoms with Gasteiger partial charge in [0.2, 0.25) is 0 Å². The van der Waals surface area contributed by atoms with E-state index in [0.717, 1.165) is 18.2 Å². The number of halogens is 2. The highest BCUT2D eigenvalue weighted by atomic mass is 35.5. The molecule has 1 N–H and O–H groups in total. The zero-order chi connectivity index (χ0) is 15.6. The lowest BCUT2D eigenvalue weighted by Crippen LogP contribution is -2.14. The first-order valence-corrected chi connectivity index (χ1v) is 6.13. The lowest BCUT2D eigenvalue weighted by molar-refractivity contribution is -0.384. The number of benzene rings is 1. The SMILES string of the molecule is Cc1cc(NC(=O)c2cc([N+](=O)[O-])ccc2F)cnc1Cl. The highest BCUT2D eigenvalue weighted by Crippen LogP contribution is 2.20. The maximum absolute atomic E-state index is 13.6. The van der Waals surface area contributed by atoms with Crippen molar-refractivity contribution in [1.82, 2.24) is 4.98 Å². The number of carbonyl (C=O) groups excluding carboxylic acids is 1. The third-order valence-corrected chi connectivity index (χ3v) is 3.07. The Morgan fingerprint density at radius 1 is 1.43 bits per heavy atom. The van der Waals surface area contributed by atoms with Crippen molar-refractivity contribution in [3.8, 4) is 0 Å². The van der Waals surface area contributed by atoms with Crippen molar-refractivity contribution < 1.29 is 14.1 Å². The monoisotopic (exact) mass is 309 g/mol. The predicted molar refractivity (Wildman–Crippen MR) is 75.0 cm³/mol. The van der Waals surface area contributed by atoms with E-state index in [0.29, 0.717) is 11.3 Å². The van der Waals surface area contributed by atoms with Gasteiger partial charge in [-0.3, -0.25) is 14.9 Å². The van der Waals surface area contributed by atoms with Gasteiger partial charge in [-0.15, -0.1) is 0 Å². The molecule has 1 heterocycles. The van der Waals surface area contributed by atoms with E-state index in [4.69, 9.17) is 11.6 Å². The van der Waals surface area contributed by atoms with Crippen molar-refractivity contribution in [3.63, 3.8) is 0 Å². The number of nitro benzene ring substituents is 1. The van der Waals surface area contributed by atoms with Gasteiger partial charge in [-0.25, -0.2) is 9.37 Å². The molecule has 0 spiro atoms. The van der Waals surface area contributed by atoms with E-state index in [1.165, 1.54) is 6.20 Å². The fraction of sp³-hybridized carbons (Fsp3) is 0.0769. The predicted octanol–water partition coefficient (Wildman–Crippen LogP) is 3.34. The van der Waals surface area contributed by atoms with Crippen LogP contribution in [0, 0.1) is 22.9 Å². The second kappa shape index (κ2) is 5.84. The molecule has 108 valence electrons. The van der Waals surface area contributed by atoms with Crippen LogP contribution in [0.15, 0.2) is 30.5 Å². The molecule has 0 atom stereocenters. The summed E-state index contributed by atoms with van der Waals surface area (Å²) >= 11 is 5.76. The minimum Gasteiger partial charge on any atom is -0.320 e. The molecule has 0 radical (unpaired) electrons. The molecule has 8 heteroatoms. The maximum atomic E-state index is 13.6. The lowest BCUT2D eigenvalue weighted by atomic mass is 10.1. The van der Waals surface area contributed by atoms with Crippen molar-refractivity contribution in [2.75, 3.05) is 5.32 Å². The van der Waals surface area contributed by atoms with E-state index < -0.39 is 22.2 Å². The first-order chi connectivity index (χ1) is 9.88. The van der Waals surface area contributed by atoms with Crippen LogP contribution in [0.4, 0.5) is 15.8 Å². The molecule has 2 aromatic rings. The number of nitro groups is 1. The molecule has 0 unspecified atom stereocenters. The highest BCUT2D eigenvalue weighted by Gasteiger charge is 2.17. The van der Waals surface area contributed by atoms with Gasteiger partial charge in [-0.2, -0.15) is 0 Å². The molecular formula is C13H9ClFN3O3. The molecule has 0 aliphatic rings. The molecule has 0 aliphatic heterocycles. The van der Waals surface area contributed by atoms with Crippen molar-refractivity contribution >= 4 is 28.9 Å². The zero-order valence-corrected chi connectivity index (χ0v) is 11.5. The number of hydrogen-bond acceptors (Lipinski definition) is 4. The van der Waals surface area contributed by atoms with Gasteiger partial charge in [0.25, 0.3) is 11.6 Å². The number of hydrogen-bond donors (Lipinski definition) is 1. The van der Waals surface area contributed by atoms with E-state index in [9.17, 15) is 19.3 Å². The quantitative estimate of drug-likeness (QED) is 0.535. The highest BCUT2D eigenvalue weighted by molar-refractivity contribution is 6.30. The second-order valence-electron chi connectivity index (χ2n) is 4.21. The Morgan fingerprint density at radius 2 is 2.14 bits per heavy atom. The fourth-order valence-electron chi connectivity index (χ4n) is 1.63. The van der Waals surface area contributed by atoms with E-state index in [2.05, 4.69) is 10.3 Å². The Balaban J connectivity index is 2.29. The van der Waals surface area contributed by atoms with Gasteiger partial charge in [-0.05, 0) is 24.6 Å². The summed E-state index contributed by atoms with van der Waals surface area (Å²) < 4.78 is 13.6. The molecule has 0 aliphatic carbocycles. The zero-order valence-electron chi connectivity index (χ0n) is 10.8. The van der Waals surface area contributed by atoms with Crippen LogP contribution < -0.4 is 5.32 Å². The Labute approximate surface area is 123 Å². The van der Waals surface area contributed by atoms with E-state index >= 15 is 0 Å². The van der Waals surface area contributed by atoms with Crippen LogP contribution in [0.5, 0.6) is 0 Å². The van der Waals surface area contributed by atoms with Crippen LogP contribution in [0.2, 0.25) is 5.15 Å². The second-order valence-corrected chi connectivity index (χ2v) is 4.57. The first-order valence-electron chi connectivity index (χ1n) is 5.76. The number of anilines is 1. The molecule has 21 heavy (non-hydrogen) atoms. The minimum absolute atomic E-state index is 0.287. The van der Waals surface area contributed by atoms with Gasteiger partial charge in [0.1, 0.15) is 11.0 Å². The molecule has 0 saturated carbocycles. The van der Waals surface area contributed by atoms with Crippen LogP contribution in [0.25, 0.3) is 0 Å². The summed E-state index contributed by atoms with van der Waals surface area (Å²) in [6.07, 6.45) is 1.31. The van der Waals surface area contributed by atoms with Crippen LogP contribution in [-0.4, -0.2) is 15.8 Å². The van der Waals surface area contributed by atoms with Gasteiger partial charge >= 0.3 is 0 Å². The van der Waals surface area contributed by atoms with Gasteiger partial charge in [0, 0.05) is 12.1 Å². The number of nitrogens with one attached hydrogen (secondary N) is 1. The maximum Gasteiger partial charge on any atom is 0.270 e. The van der Waals surface area contributed by atoms with Crippen LogP contribution in [-0.2, 0) is 0 Å². The average Bonchev–Trinajstić information content (AvgIpc) is 2.43. The van der Waals surface area contributed by atoms with Crippen LogP contribution in [0.3, 0.4) is 0 Å². The summed E-state index contributed by atoms with van der Waals surface area (Å²) in [6.45, 7) is 1.69. The Hall–Kier alpha value is -2.54.